The molecule has 0 saturated carbocycles. The van der Waals surface area contributed by atoms with E-state index in [1.807, 2.05) is 4.90 Å². The zero-order chi connectivity index (χ0) is 16.1. The lowest BCUT2D eigenvalue weighted by Gasteiger charge is -2.21. The third kappa shape index (κ3) is 4.10. The van der Waals surface area contributed by atoms with Crippen molar-refractivity contribution in [1.82, 2.24) is 9.47 Å². The molecule has 122 valence electrons. The fourth-order valence-electron chi connectivity index (χ4n) is 2.96. The molecule has 22 heavy (non-hydrogen) atoms. The number of carbonyl (C=O) groups excluding carboxylic acids is 1. The molecule has 6 nitrogen and oxygen atoms in total. The van der Waals surface area contributed by atoms with Gasteiger partial charge in [-0.05, 0) is 38.2 Å². The maximum atomic E-state index is 12.3. The third-order valence-electron chi connectivity index (χ3n) is 4.33. The number of likely N-dealkylation sites (tertiary alicyclic amines) is 1. The van der Waals surface area contributed by atoms with Crippen LogP contribution >= 0.6 is 0 Å². The molecular weight excluding hydrogens is 284 g/mol. The number of pyridine rings is 1. The molecule has 1 amide bonds. The van der Waals surface area contributed by atoms with E-state index in [1.165, 1.54) is 10.6 Å². The van der Waals surface area contributed by atoms with Gasteiger partial charge in [-0.1, -0.05) is 0 Å². The second kappa shape index (κ2) is 7.45. The summed E-state index contributed by atoms with van der Waals surface area (Å²) in [7, 11) is 0. The van der Waals surface area contributed by atoms with Crippen LogP contribution in [0.3, 0.4) is 0 Å². The Kier molecular flexibility index (Phi) is 5.60. The van der Waals surface area contributed by atoms with Crippen LogP contribution in [0.25, 0.3) is 0 Å². The minimum atomic E-state index is -0.290. The summed E-state index contributed by atoms with van der Waals surface area (Å²) >= 11 is 0. The van der Waals surface area contributed by atoms with Crippen molar-refractivity contribution in [3.63, 3.8) is 0 Å². The quantitative estimate of drug-likeness (QED) is 0.865. The molecule has 2 heterocycles. The van der Waals surface area contributed by atoms with Crippen molar-refractivity contribution in [2.75, 3.05) is 19.7 Å². The van der Waals surface area contributed by atoms with Crippen molar-refractivity contribution in [1.29, 1.82) is 0 Å². The first-order valence-corrected chi connectivity index (χ1v) is 7.80. The summed E-state index contributed by atoms with van der Waals surface area (Å²) < 4.78 is 1.51. The summed E-state index contributed by atoms with van der Waals surface area (Å²) in [5.41, 5.74) is 0.357. The van der Waals surface area contributed by atoms with E-state index in [0.717, 1.165) is 31.9 Å². The number of hydrogen-bond acceptors (Lipinski definition) is 4. The number of carbonyl (C=O) groups is 1. The molecule has 2 rings (SSSR count). The van der Waals surface area contributed by atoms with Crippen molar-refractivity contribution in [3.05, 3.63) is 28.2 Å². The topological polar surface area (TPSA) is 82.8 Å². The van der Waals surface area contributed by atoms with Gasteiger partial charge in [0.2, 0.25) is 5.91 Å². The van der Waals surface area contributed by atoms with Crippen molar-refractivity contribution in [2.24, 2.45) is 5.92 Å². The summed E-state index contributed by atoms with van der Waals surface area (Å²) in [6.07, 6.45) is 2.97. The molecule has 1 aromatic rings. The molecule has 1 fully saturated rings. The smallest absolute Gasteiger partial charge is 0.254 e. The van der Waals surface area contributed by atoms with Gasteiger partial charge in [-0.2, -0.15) is 0 Å². The van der Waals surface area contributed by atoms with Gasteiger partial charge in [0, 0.05) is 44.4 Å². The number of aliphatic hydroxyl groups excluding tert-OH is 1. The Morgan fingerprint density at radius 1 is 1.32 bits per heavy atom. The molecular formula is C16H24N2O4. The molecule has 6 heteroatoms. The lowest BCUT2D eigenvalue weighted by Crippen LogP contribution is -2.33. The molecule has 0 spiro atoms. The lowest BCUT2D eigenvalue weighted by molar-refractivity contribution is -0.131. The van der Waals surface area contributed by atoms with E-state index in [0.29, 0.717) is 24.7 Å². The SMILES string of the molecule is Cc1cc(O)cc(=O)n1CCC(=O)N1CCCC(CO)CC1. The number of aromatic hydroxyl groups is 1. The Labute approximate surface area is 130 Å². The third-order valence-corrected chi connectivity index (χ3v) is 4.33. The standard InChI is InChI=1S/C16H24N2O4/c1-12-9-14(20)10-16(22)18(12)8-5-15(21)17-6-2-3-13(11-19)4-7-17/h9-10,13,19-20H,2-8,11H2,1H3. The number of hydrogen-bond donors (Lipinski definition) is 2. The second-order valence-corrected chi connectivity index (χ2v) is 5.96. The zero-order valence-electron chi connectivity index (χ0n) is 13.0. The highest BCUT2D eigenvalue weighted by atomic mass is 16.3. The van der Waals surface area contributed by atoms with E-state index in [1.54, 1.807) is 6.92 Å². The highest BCUT2D eigenvalue weighted by molar-refractivity contribution is 5.76. The largest absolute Gasteiger partial charge is 0.508 e. The van der Waals surface area contributed by atoms with Gasteiger partial charge in [0.1, 0.15) is 5.75 Å². The average molecular weight is 308 g/mol. The van der Waals surface area contributed by atoms with Crippen LogP contribution in [0.15, 0.2) is 16.9 Å². The fourth-order valence-corrected chi connectivity index (χ4v) is 2.96. The second-order valence-electron chi connectivity index (χ2n) is 5.96. The number of nitrogens with zero attached hydrogens (tertiary/aromatic N) is 2. The maximum absolute atomic E-state index is 12.3. The van der Waals surface area contributed by atoms with Gasteiger partial charge < -0.3 is 19.7 Å². The van der Waals surface area contributed by atoms with E-state index in [-0.39, 0.29) is 30.2 Å². The minimum absolute atomic E-state index is 0.0398. The van der Waals surface area contributed by atoms with Crippen molar-refractivity contribution in [3.8, 4) is 5.75 Å². The Morgan fingerprint density at radius 2 is 2.09 bits per heavy atom. The Morgan fingerprint density at radius 3 is 2.77 bits per heavy atom. The van der Waals surface area contributed by atoms with Crippen LogP contribution in [-0.2, 0) is 11.3 Å². The maximum Gasteiger partial charge on any atom is 0.254 e. The summed E-state index contributed by atoms with van der Waals surface area (Å²) in [6, 6.07) is 2.68. The number of aryl methyl sites for hydroxylation is 1. The van der Waals surface area contributed by atoms with Crippen LogP contribution < -0.4 is 5.56 Å². The first-order chi connectivity index (χ1) is 10.5. The van der Waals surface area contributed by atoms with Crippen LogP contribution in [0.1, 0.15) is 31.4 Å². The van der Waals surface area contributed by atoms with E-state index in [9.17, 15) is 19.8 Å². The van der Waals surface area contributed by atoms with Crippen molar-refractivity contribution < 1.29 is 15.0 Å². The molecule has 0 radical (unpaired) electrons. The Balaban J connectivity index is 1.94. The molecule has 1 aliphatic rings. The van der Waals surface area contributed by atoms with Crippen molar-refractivity contribution in [2.45, 2.75) is 39.2 Å². The number of rotatable bonds is 4. The Hall–Kier alpha value is -1.82. The molecule has 0 aromatic carbocycles. The van der Waals surface area contributed by atoms with Gasteiger partial charge in [0.25, 0.3) is 5.56 Å². The van der Waals surface area contributed by atoms with Crippen LogP contribution in [0, 0.1) is 12.8 Å². The number of amides is 1. The molecule has 1 unspecified atom stereocenters. The number of aliphatic hydroxyl groups is 1. The summed E-state index contributed by atoms with van der Waals surface area (Å²) in [5, 5.41) is 18.6. The van der Waals surface area contributed by atoms with Gasteiger partial charge in [-0.3, -0.25) is 9.59 Å². The van der Waals surface area contributed by atoms with Gasteiger partial charge in [-0.15, -0.1) is 0 Å². The normalized spacial score (nSPS) is 19.0. The van der Waals surface area contributed by atoms with Gasteiger partial charge in [0.15, 0.2) is 0 Å². The highest BCUT2D eigenvalue weighted by Gasteiger charge is 2.20. The van der Waals surface area contributed by atoms with Crippen LogP contribution in [0.2, 0.25) is 0 Å². The lowest BCUT2D eigenvalue weighted by atomic mass is 10.0. The predicted octanol–water partition coefficient (Wildman–Crippen LogP) is 0.873. The average Bonchev–Trinajstić information content (AvgIpc) is 2.71. The highest BCUT2D eigenvalue weighted by Crippen LogP contribution is 2.17. The van der Waals surface area contributed by atoms with E-state index in [2.05, 4.69) is 0 Å². The van der Waals surface area contributed by atoms with Crippen LogP contribution in [-0.4, -0.2) is 45.3 Å². The molecule has 1 aromatic heterocycles. The van der Waals surface area contributed by atoms with Crippen LogP contribution in [0.5, 0.6) is 5.75 Å². The monoisotopic (exact) mass is 308 g/mol. The van der Waals surface area contributed by atoms with Gasteiger partial charge >= 0.3 is 0 Å². The van der Waals surface area contributed by atoms with E-state index < -0.39 is 0 Å². The fraction of sp³-hybridized carbons (Fsp3) is 0.625. The summed E-state index contributed by atoms with van der Waals surface area (Å²) in [4.78, 5) is 26.0. The first kappa shape index (κ1) is 16.5. The molecule has 1 atom stereocenters. The van der Waals surface area contributed by atoms with Crippen LogP contribution in [0.4, 0.5) is 0 Å². The number of aromatic nitrogens is 1. The first-order valence-electron chi connectivity index (χ1n) is 7.80. The molecule has 1 aliphatic heterocycles. The molecule has 0 aliphatic carbocycles. The van der Waals surface area contributed by atoms with Gasteiger partial charge in [-0.25, -0.2) is 0 Å². The molecule has 0 bridgehead atoms. The minimum Gasteiger partial charge on any atom is -0.508 e. The van der Waals surface area contributed by atoms with E-state index in [4.69, 9.17) is 0 Å². The summed E-state index contributed by atoms with van der Waals surface area (Å²) in [5.74, 6) is 0.283. The van der Waals surface area contributed by atoms with Gasteiger partial charge in [0.05, 0.1) is 0 Å². The van der Waals surface area contributed by atoms with Crippen molar-refractivity contribution >= 4 is 5.91 Å². The predicted molar refractivity (Wildman–Crippen MR) is 82.7 cm³/mol. The molecule has 2 N–H and O–H groups in total. The Bertz CT molecular complexity index is 582. The summed E-state index contributed by atoms with van der Waals surface area (Å²) in [6.45, 7) is 3.64. The van der Waals surface area contributed by atoms with E-state index >= 15 is 0 Å². The molecule has 1 saturated heterocycles. The zero-order valence-corrected chi connectivity index (χ0v) is 13.0.